The molecule has 1 aromatic heterocycles. The number of thioether (sulfide) groups is 1. The predicted molar refractivity (Wildman–Crippen MR) is 88.9 cm³/mol. The molecule has 5 heteroatoms. The van der Waals surface area contributed by atoms with Gasteiger partial charge >= 0.3 is 0 Å². The van der Waals surface area contributed by atoms with Crippen molar-refractivity contribution in [2.45, 2.75) is 18.5 Å². The summed E-state index contributed by atoms with van der Waals surface area (Å²) in [7, 11) is 2.19. The van der Waals surface area contributed by atoms with Crippen LogP contribution >= 0.6 is 11.8 Å². The molecule has 0 radical (unpaired) electrons. The minimum atomic E-state index is 0.242. The van der Waals surface area contributed by atoms with Gasteiger partial charge in [-0.05, 0) is 31.4 Å². The van der Waals surface area contributed by atoms with Gasteiger partial charge in [0.05, 0.1) is 17.9 Å². The maximum atomic E-state index is 6.04. The molecule has 112 valence electrons. The van der Waals surface area contributed by atoms with Crippen LogP contribution in [-0.4, -0.2) is 45.8 Å². The van der Waals surface area contributed by atoms with Gasteiger partial charge in [0.1, 0.15) is 0 Å². The molecule has 0 bridgehead atoms. The number of hydrogen-bond acceptors (Lipinski definition) is 4. The Morgan fingerprint density at radius 2 is 2.24 bits per heavy atom. The average molecular weight is 302 g/mol. The molecule has 1 aliphatic rings. The summed E-state index contributed by atoms with van der Waals surface area (Å²) in [6.07, 6.45) is 5.30. The summed E-state index contributed by atoms with van der Waals surface area (Å²) >= 11 is 2.03. The largest absolute Gasteiger partial charge is 0.329 e. The standard InChI is InChI=1S/C16H22N4S/c1-19(15-7-8-21-12-15)16(9-17)13-10-18-20(11-13)14-5-3-2-4-6-14/h2-6,10-11,15-16H,7-9,12,17H2,1H3. The third-order valence-corrected chi connectivity index (χ3v) is 5.35. The fourth-order valence-electron chi connectivity index (χ4n) is 2.87. The van der Waals surface area contributed by atoms with E-state index in [0.717, 1.165) is 5.69 Å². The highest BCUT2D eigenvalue weighted by Crippen LogP contribution is 2.28. The zero-order chi connectivity index (χ0) is 14.7. The molecule has 0 amide bonds. The Morgan fingerprint density at radius 1 is 1.43 bits per heavy atom. The molecule has 1 saturated heterocycles. The van der Waals surface area contributed by atoms with Gasteiger partial charge in [-0.1, -0.05) is 18.2 Å². The first-order valence-corrected chi connectivity index (χ1v) is 8.55. The normalized spacial score (nSPS) is 20.0. The lowest BCUT2D eigenvalue weighted by Gasteiger charge is -2.31. The molecule has 0 saturated carbocycles. The van der Waals surface area contributed by atoms with Crippen molar-refractivity contribution in [2.24, 2.45) is 5.73 Å². The van der Waals surface area contributed by atoms with E-state index in [1.54, 1.807) is 0 Å². The summed E-state index contributed by atoms with van der Waals surface area (Å²) < 4.78 is 1.93. The number of likely N-dealkylation sites (N-methyl/N-ethyl adjacent to an activating group) is 1. The van der Waals surface area contributed by atoms with E-state index >= 15 is 0 Å². The van der Waals surface area contributed by atoms with Crippen molar-refractivity contribution >= 4 is 11.8 Å². The van der Waals surface area contributed by atoms with Gasteiger partial charge < -0.3 is 5.73 Å². The Kier molecular flexibility index (Phi) is 4.63. The lowest BCUT2D eigenvalue weighted by molar-refractivity contribution is 0.193. The first-order chi connectivity index (χ1) is 10.3. The van der Waals surface area contributed by atoms with E-state index in [-0.39, 0.29) is 6.04 Å². The van der Waals surface area contributed by atoms with Crippen LogP contribution in [0.15, 0.2) is 42.7 Å². The highest BCUT2D eigenvalue weighted by Gasteiger charge is 2.27. The molecule has 2 atom stereocenters. The molecule has 4 nitrogen and oxygen atoms in total. The second-order valence-corrected chi connectivity index (χ2v) is 6.64. The number of aromatic nitrogens is 2. The monoisotopic (exact) mass is 302 g/mol. The summed E-state index contributed by atoms with van der Waals surface area (Å²) in [5.74, 6) is 2.47. The van der Waals surface area contributed by atoms with Crippen molar-refractivity contribution in [3.63, 3.8) is 0 Å². The number of rotatable bonds is 5. The van der Waals surface area contributed by atoms with Gasteiger partial charge in [-0.2, -0.15) is 16.9 Å². The highest BCUT2D eigenvalue weighted by molar-refractivity contribution is 7.99. The van der Waals surface area contributed by atoms with Crippen LogP contribution in [0.25, 0.3) is 5.69 Å². The Labute approximate surface area is 130 Å². The van der Waals surface area contributed by atoms with E-state index in [1.807, 2.05) is 40.8 Å². The second-order valence-electron chi connectivity index (χ2n) is 5.49. The van der Waals surface area contributed by atoms with Gasteiger partial charge in [0.2, 0.25) is 0 Å². The Hall–Kier alpha value is -1.30. The minimum absolute atomic E-state index is 0.242. The molecule has 0 aliphatic carbocycles. The van der Waals surface area contributed by atoms with Gasteiger partial charge in [-0.25, -0.2) is 4.68 Å². The third-order valence-electron chi connectivity index (χ3n) is 4.20. The molecule has 21 heavy (non-hydrogen) atoms. The first kappa shape index (κ1) is 14.6. The van der Waals surface area contributed by atoms with Crippen molar-refractivity contribution in [3.05, 3.63) is 48.3 Å². The van der Waals surface area contributed by atoms with Crippen molar-refractivity contribution < 1.29 is 0 Å². The lowest BCUT2D eigenvalue weighted by atomic mass is 10.1. The zero-order valence-electron chi connectivity index (χ0n) is 12.4. The topological polar surface area (TPSA) is 47.1 Å². The van der Waals surface area contributed by atoms with Crippen LogP contribution in [0.1, 0.15) is 18.0 Å². The minimum Gasteiger partial charge on any atom is -0.329 e. The number of nitrogens with zero attached hydrogens (tertiary/aromatic N) is 3. The maximum absolute atomic E-state index is 6.04. The Balaban J connectivity index is 1.80. The average Bonchev–Trinajstić information content (AvgIpc) is 3.21. The fourth-order valence-corrected chi connectivity index (χ4v) is 4.15. The first-order valence-electron chi connectivity index (χ1n) is 7.39. The summed E-state index contributed by atoms with van der Waals surface area (Å²) in [6, 6.07) is 11.1. The Morgan fingerprint density at radius 3 is 2.90 bits per heavy atom. The van der Waals surface area contributed by atoms with E-state index in [9.17, 15) is 0 Å². The lowest BCUT2D eigenvalue weighted by Crippen LogP contribution is -2.38. The van der Waals surface area contributed by atoms with Crippen LogP contribution in [0, 0.1) is 0 Å². The molecule has 3 rings (SSSR count). The molecule has 0 spiro atoms. The number of nitrogens with two attached hydrogens (primary N) is 1. The van der Waals surface area contributed by atoms with Crippen molar-refractivity contribution in [1.29, 1.82) is 0 Å². The van der Waals surface area contributed by atoms with E-state index < -0.39 is 0 Å². The van der Waals surface area contributed by atoms with E-state index in [4.69, 9.17) is 5.73 Å². The molecule has 1 aliphatic heterocycles. The molecular formula is C16H22N4S. The van der Waals surface area contributed by atoms with E-state index in [1.165, 1.54) is 23.5 Å². The van der Waals surface area contributed by atoms with Crippen LogP contribution in [0.4, 0.5) is 0 Å². The van der Waals surface area contributed by atoms with Gasteiger partial charge in [-0.15, -0.1) is 0 Å². The molecule has 2 heterocycles. The molecule has 2 aromatic rings. The van der Waals surface area contributed by atoms with Gasteiger partial charge in [0, 0.05) is 30.1 Å². The van der Waals surface area contributed by atoms with Crippen molar-refractivity contribution in [2.75, 3.05) is 25.1 Å². The van der Waals surface area contributed by atoms with Gasteiger partial charge in [0.25, 0.3) is 0 Å². The quantitative estimate of drug-likeness (QED) is 0.921. The van der Waals surface area contributed by atoms with Crippen LogP contribution < -0.4 is 5.73 Å². The van der Waals surface area contributed by atoms with Crippen LogP contribution in [0.5, 0.6) is 0 Å². The van der Waals surface area contributed by atoms with Crippen LogP contribution in [0.3, 0.4) is 0 Å². The van der Waals surface area contributed by atoms with Crippen LogP contribution in [-0.2, 0) is 0 Å². The summed E-state index contributed by atoms with van der Waals surface area (Å²) in [6.45, 7) is 0.623. The van der Waals surface area contributed by atoms with Crippen molar-refractivity contribution in [1.82, 2.24) is 14.7 Å². The summed E-state index contributed by atoms with van der Waals surface area (Å²) in [5.41, 5.74) is 8.31. The number of para-hydroxylation sites is 1. The van der Waals surface area contributed by atoms with E-state index in [0.29, 0.717) is 12.6 Å². The third kappa shape index (κ3) is 3.15. The molecule has 2 unspecified atom stereocenters. The van der Waals surface area contributed by atoms with Gasteiger partial charge in [0.15, 0.2) is 0 Å². The van der Waals surface area contributed by atoms with Gasteiger partial charge in [-0.3, -0.25) is 4.90 Å². The predicted octanol–water partition coefficient (Wildman–Crippen LogP) is 2.31. The van der Waals surface area contributed by atoms with Crippen molar-refractivity contribution in [3.8, 4) is 5.69 Å². The SMILES string of the molecule is CN(C1CCSC1)C(CN)c1cnn(-c2ccccc2)c1. The molecular weight excluding hydrogens is 280 g/mol. The fraction of sp³-hybridized carbons (Fsp3) is 0.438. The molecule has 1 fully saturated rings. The maximum Gasteiger partial charge on any atom is 0.0645 e. The molecule has 2 N–H and O–H groups in total. The zero-order valence-corrected chi connectivity index (χ0v) is 13.2. The van der Waals surface area contributed by atoms with Crippen LogP contribution in [0.2, 0.25) is 0 Å². The van der Waals surface area contributed by atoms with E-state index in [2.05, 4.69) is 35.4 Å². The summed E-state index contributed by atoms with van der Waals surface area (Å²) in [5, 5.41) is 4.49. The summed E-state index contributed by atoms with van der Waals surface area (Å²) in [4.78, 5) is 2.42. The molecule has 1 aromatic carbocycles. The number of benzene rings is 1. The second kappa shape index (κ2) is 6.64. The smallest absolute Gasteiger partial charge is 0.0645 e. The number of hydrogen-bond donors (Lipinski definition) is 1. The Bertz CT molecular complexity index is 563. The highest BCUT2D eigenvalue weighted by atomic mass is 32.2.